The quantitative estimate of drug-likeness (QED) is 0.258. The fourth-order valence-electron chi connectivity index (χ4n) is 1.77. The smallest absolute Gasteiger partial charge is 0.170 e. The number of para-hydroxylation sites is 1. The highest BCUT2D eigenvalue weighted by molar-refractivity contribution is 7.99. The number of benzene rings is 1. The van der Waals surface area contributed by atoms with Crippen LogP contribution in [0.5, 0.6) is 0 Å². The van der Waals surface area contributed by atoms with Crippen molar-refractivity contribution in [1.29, 1.82) is 0 Å². The molecule has 2 rings (SSSR count). The summed E-state index contributed by atoms with van der Waals surface area (Å²) in [7, 11) is 0. The van der Waals surface area contributed by atoms with Crippen molar-refractivity contribution >= 4 is 28.5 Å². The third-order valence-corrected chi connectivity index (χ3v) is 4.14. The second-order valence-electron chi connectivity index (χ2n) is 4.61. The molecule has 0 aliphatic rings. The molecule has 1 unspecified atom stereocenters. The SMILES string of the molecule is CC(CO)CSc1cc(C(N)=NO)c2ccccc2n1. The number of rotatable bonds is 5. The lowest BCUT2D eigenvalue weighted by molar-refractivity contribution is 0.250. The topological polar surface area (TPSA) is 91.7 Å². The standard InChI is InChI=1S/C14H17N3O2S/c1-9(7-18)8-20-13-6-11(14(15)17-19)10-4-2-3-5-12(10)16-13/h2-6,9,18-19H,7-8H2,1H3,(H2,15,17). The Balaban J connectivity index is 2.42. The van der Waals surface area contributed by atoms with Crippen molar-refractivity contribution in [2.24, 2.45) is 16.8 Å². The molecule has 2 aromatic rings. The van der Waals surface area contributed by atoms with E-state index in [9.17, 15) is 0 Å². The molecule has 1 aromatic heterocycles. The Morgan fingerprint density at radius 2 is 2.20 bits per heavy atom. The van der Waals surface area contributed by atoms with E-state index in [0.29, 0.717) is 5.56 Å². The average Bonchev–Trinajstić information content (AvgIpc) is 2.50. The minimum atomic E-state index is 0.0701. The van der Waals surface area contributed by atoms with Crippen LogP contribution >= 0.6 is 11.8 Å². The average molecular weight is 291 g/mol. The van der Waals surface area contributed by atoms with Crippen molar-refractivity contribution in [3.63, 3.8) is 0 Å². The van der Waals surface area contributed by atoms with Crippen LogP contribution in [-0.4, -0.2) is 33.5 Å². The van der Waals surface area contributed by atoms with Crippen molar-refractivity contribution in [2.45, 2.75) is 11.9 Å². The van der Waals surface area contributed by atoms with Gasteiger partial charge in [-0.1, -0.05) is 30.3 Å². The minimum Gasteiger partial charge on any atom is -0.409 e. The van der Waals surface area contributed by atoms with Gasteiger partial charge in [0.1, 0.15) is 0 Å². The van der Waals surface area contributed by atoms with Gasteiger partial charge in [-0.25, -0.2) is 4.98 Å². The zero-order valence-electron chi connectivity index (χ0n) is 11.2. The third kappa shape index (κ3) is 3.20. The molecule has 1 aromatic carbocycles. The van der Waals surface area contributed by atoms with E-state index in [0.717, 1.165) is 21.7 Å². The van der Waals surface area contributed by atoms with Crippen molar-refractivity contribution < 1.29 is 10.3 Å². The Hall–Kier alpha value is -1.79. The molecule has 5 nitrogen and oxygen atoms in total. The second kappa shape index (κ2) is 6.58. The second-order valence-corrected chi connectivity index (χ2v) is 5.65. The molecule has 0 radical (unpaired) electrons. The number of hydrogen-bond donors (Lipinski definition) is 3. The number of fused-ring (bicyclic) bond motifs is 1. The molecule has 1 atom stereocenters. The molecule has 106 valence electrons. The monoisotopic (exact) mass is 291 g/mol. The van der Waals surface area contributed by atoms with E-state index < -0.39 is 0 Å². The largest absolute Gasteiger partial charge is 0.409 e. The summed E-state index contributed by atoms with van der Waals surface area (Å²) in [6, 6.07) is 9.38. The number of nitrogens with zero attached hydrogens (tertiary/aromatic N) is 2. The molecule has 0 bridgehead atoms. The number of thioether (sulfide) groups is 1. The maximum absolute atomic E-state index is 9.06. The Kier molecular flexibility index (Phi) is 4.81. The summed E-state index contributed by atoms with van der Waals surface area (Å²) in [6.45, 7) is 2.12. The number of pyridine rings is 1. The van der Waals surface area contributed by atoms with Crippen LogP contribution in [0.4, 0.5) is 0 Å². The van der Waals surface area contributed by atoms with E-state index in [2.05, 4.69) is 10.1 Å². The molecular weight excluding hydrogens is 274 g/mol. The summed E-state index contributed by atoms with van der Waals surface area (Å²) in [6.07, 6.45) is 0. The van der Waals surface area contributed by atoms with Crippen LogP contribution in [0, 0.1) is 5.92 Å². The summed E-state index contributed by atoms with van der Waals surface area (Å²) < 4.78 is 0. The number of hydrogen-bond acceptors (Lipinski definition) is 5. The highest BCUT2D eigenvalue weighted by atomic mass is 32.2. The lowest BCUT2D eigenvalue weighted by atomic mass is 10.1. The summed E-state index contributed by atoms with van der Waals surface area (Å²) in [5.74, 6) is 1.03. The summed E-state index contributed by atoms with van der Waals surface area (Å²) in [5.41, 5.74) is 7.20. The zero-order chi connectivity index (χ0) is 14.5. The van der Waals surface area contributed by atoms with Gasteiger partial charge in [0.25, 0.3) is 0 Å². The van der Waals surface area contributed by atoms with Crippen LogP contribution in [0.1, 0.15) is 12.5 Å². The highest BCUT2D eigenvalue weighted by Gasteiger charge is 2.10. The molecule has 0 saturated carbocycles. The van der Waals surface area contributed by atoms with Gasteiger partial charge in [-0.3, -0.25) is 0 Å². The summed E-state index contributed by atoms with van der Waals surface area (Å²) >= 11 is 1.55. The van der Waals surface area contributed by atoms with Crippen molar-refractivity contribution in [3.05, 3.63) is 35.9 Å². The fraction of sp³-hybridized carbons (Fsp3) is 0.286. The lowest BCUT2D eigenvalue weighted by Gasteiger charge is -2.10. The van der Waals surface area contributed by atoms with Gasteiger partial charge in [-0.15, -0.1) is 11.8 Å². The molecule has 0 aliphatic carbocycles. The third-order valence-electron chi connectivity index (χ3n) is 2.90. The number of aromatic nitrogens is 1. The number of aliphatic hydroxyl groups excluding tert-OH is 1. The van der Waals surface area contributed by atoms with Crippen LogP contribution in [0.15, 0.2) is 40.5 Å². The Morgan fingerprint density at radius 3 is 2.90 bits per heavy atom. The van der Waals surface area contributed by atoms with Crippen LogP contribution in [-0.2, 0) is 0 Å². The molecule has 4 N–H and O–H groups in total. The van der Waals surface area contributed by atoms with Gasteiger partial charge < -0.3 is 16.0 Å². The van der Waals surface area contributed by atoms with E-state index in [1.54, 1.807) is 11.8 Å². The highest BCUT2D eigenvalue weighted by Crippen LogP contribution is 2.25. The number of amidine groups is 1. The molecule has 20 heavy (non-hydrogen) atoms. The van der Waals surface area contributed by atoms with Gasteiger partial charge in [-0.2, -0.15) is 0 Å². The van der Waals surface area contributed by atoms with Gasteiger partial charge >= 0.3 is 0 Å². The predicted octanol–water partition coefficient (Wildman–Crippen LogP) is 2.05. The van der Waals surface area contributed by atoms with E-state index >= 15 is 0 Å². The molecule has 6 heteroatoms. The minimum absolute atomic E-state index is 0.0701. The normalized spacial score (nSPS) is 13.6. The maximum atomic E-state index is 9.06. The molecule has 0 saturated heterocycles. The summed E-state index contributed by atoms with van der Waals surface area (Å²) in [5, 5.41) is 22.7. The van der Waals surface area contributed by atoms with Gasteiger partial charge in [-0.05, 0) is 18.1 Å². The van der Waals surface area contributed by atoms with Crippen molar-refractivity contribution in [3.8, 4) is 0 Å². The van der Waals surface area contributed by atoms with Gasteiger partial charge in [0.2, 0.25) is 0 Å². The van der Waals surface area contributed by atoms with Gasteiger partial charge in [0.05, 0.1) is 10.5 Å². The van der Waals surface area contributed by atoms with Crippen LogP contribution in [0.2, 0.25) is 0 Å². The molecule has 0 spiro atoms. The lowest BCUT2D eigenvalue weighted by Crippen LogP contribution is -2.14. The number of nitrogens with two attached hydrogens (primary N) is 1. The number of oxime groups is 1. The first-order chi connectivity index (χ1) is 9.65. The zero-order valence-corrected chi connectivity index (χ0v) is 12.0. The summed E-state index contributed by atoms with van der Waals surface area (Å²) in [4.78, 5) is 4.55. The van der Waals surface area contributed by atoms with E-state index in [1.807, 2.05) is 37.3 Å². The van der Waals surface area contributed by atoms with E-state index in [-0.39, 0.29) is 18.4 Å². The molecule has 0 aliphatic heterocycles. The molecule has 0 fully saturated rings. The fourth-order valence-corrected chi connectivity index (χ4v) is 2.70. The molecule has 0 amide bonds. The first-order valence-corrected chi connectivity index (χ1v) is 7.25. The predicted molar refractivity (Wildman–Crippen MR) is 81.2 cm³/mol. The number of aliphatic hydroxyl groups is 1. The van der Waals surface area contributed by atoms with E-state index in [1.165, 1.54) is 0 Å². The first-order valence-electron chi connectivity index (χ1n) is 6.27. The van der Waals surface area contributed by atoms with Crippen LogP contribution < -0.4 is 5.73 Å². The first kappa shape index (κ1) is 14.6. The molecule has 1 heterocycles. The van der Waals surface area contributed by atoms with Gasteiger partial charge in [0.15, 0.2) is 5.84 Å². The van der Waals surface area contributed by atoms with Crippen LogP contribution in [0.3, 0.4) is 0 Å². The van der Waals surface area contributed by atoms with Gasteiger partial charge in [0, 0.05) is 23.3 Å². The van der Waals surface area contributed by atoms with E-state index in [4.69, 9.17) is 16.0 Å². The maximum Gasteiger partial charge on any atom is 0.170 e. The van der Waals surface area contributed by atoms with Crippen molar-refractivity contribution in [1.82, 2.24) is 4.98 Å². The van der Waals surface area contributed by atoms with Crippen molar-refractivity contribution in [2.75, 3.05) is 12.4 Å². The Morgan fingerprint density at radius 1 is 1.45 bits per heavy atom. The van der Waals surface area contributed by atoms with Crippen LogP contribution in [0.25, 0.3) is 10.9 Å². The Bertz CT molecular complexity index is 631. The Labute approximate surface area is 121 Å². The molecular formula is C14H17N3O2S.